The second-order valence-corrected chi connectivity index (χ2v) is 2.34. The second-order valence-electron chi connectivity index (χ2n) is 2.34. The molecule has 0 amide bonds. The average Bonchev–Trinajstić information content (AvgIpc) is 2.35. The third kappa shape index (κ3) is 19.0. The van der Waals surface area contributed by atoms with Gasteiger partial charge in [0.05, 0.1) is 0 Å². The molecule has 0 heteroatoms. The fraction of sp³-hybridized carbons (Fsp3) is 0.200. The summed E-state index contributed by atoms with van der Waals surface area (Å²) < 4.78 is 0. The Bertz CT molecular complexity index is 205. The van der Waals surface area contributed by atoms with Crippen LogP contribution in [0.4, 0.5) is 0 Å². The first-order valence-corrected chi connectivity index (χ1v) is 5.30. The van der Waals surface area contributed by atoms with E-state index in [1.165, 1.54) is 0 Å². The molecule has 0 aliphatic heterocycles. The highest BCUT2D eigenvalue weighted by Crippen LogP contribution is 1.81. The summed E-state index contributed by atoms with van der Waals surface area (Å²) in [4.78, 5) is 0. The van der Waals surface area contributed by atoms with E-state index in [9.17, 15) is 0 Å². The Kier molecular flexibility index (Phi) is 19.4. The molecule has 0 aromatic heterocycles. The van der Waals surface area contributed by atoms with Crippen LogP contribution >= 0.6 is 0 Å². The molecule has 0 radical (unpaired) electrons. The van der Waals surface area contributed by atoms with Gasteiger partial charge in [-0.05, 0) is 6.42 Å². The maximum absolute atomic E-state index is 3.55. The van der Waals surface area contributed by atoms with Crippen LogP contribution in [0.25, 0.3) is 0 Å². The van der Waals surface area contributed by atoms with E-state index in [1.54, 1.807) is 6.08 Å². The minimum atomic E-state index is 0.937. The van der Waals surface area contributed by atoms with Crippen molar-refractivity contribution in [3.8, 4) is 0 Å². The molecule has 0 heterocycles. The second kappa shape index (κ2) is 18.3. The maximum Gasteiger partial charge on any atom is -0.0169 e. The molecule has 0 spiro atoms. The molecule has 0 unspecified atom stereocenters. The molecule has 1 aromatic carbocycles. The van der Waals surface area contributed by atoms with Crippen molar-refractivity contribution in [1.29, 1.82) is 0 Å². The van der Waals surface area contributed by atoms with Crippen molar-refractivity contribution in [2.75, 3.05) is 0 Å². The van der Waals surface area contributed by atoms with Gasteiger partial charge < -0.3 is 0 Å². The highest BCUT2D eigenvalue weighted by Gasteiger charge is 1.60. The summed E-state index contributed by atoms with van der Waals surface area (Å²) in [6.45, 7) is 11.1. The summed E-state index contributed by atoms with van der Waals surface area (Å²) in [5, 5.41) is 0. The van der Waals surface area contributed by atoms with Gasteiger partial charge >= 0.3 is 0 Å². The van der Waals surface area contributed by atoms with Gasteiger partial charge in [0.15, 0.2) is 0 Å². The lowest BCUT2D eigenvalue weighted by Gasteiger charge is -1.71. The molecule has 15 heavy (non-hydrogen) atoms. The summed E-state index contributed by atoms with van der Waals surface area (Å²) in [5.74, 6) is 0. The van der Waals surface area contributed by atoms with Crippen molar-refractivity contribution in [3.05, 3.63) is 73.9 Å². The smallest absolute Gasteiger partial charge is 0.0169 e. The zero-order valence-electron chi connectivity index (χ0n) is 9.89. The van der Waals surface area contributed by atoms with Crippen LogP contribution in [0.3, 0.4) is 0 Å². The van der Waals surface area contributed by atoms with E-state index in [1.807, 2.05) is 68.5 Å². The van der Waals surface area contributed by atoms with Crippen LogP contribution in [-0.2, 0) is 0 Å². The fourth-order valence-electron chi connectivity index (χ4n) is 0.656. The van der Waals surface area contributed by atoms with Crippen LogP contribution in [0.1, 0.15) is 20.3 Å². The van der Waals surface area contributed by atoms with Crippen molar-refractivity contribution < 1.29 is 0 Å². The van der Waals surface area contributed by atoms with Gasteiger partial charge in [-0.1, -0.05) is 81.1 Å². The molecule has 0 nitrogen and oxygen atoms in total. The Hall–Kier alpha value is -1.56. The normalized spacial score (nSPS) is 7.87. The van der Waals surface area contributed by atoms with Gasteiger partial charge in [-0.3, -0.25) is 0 Å². The Morgan fingerprint density at radius 2 is 1.27 bits per heavy atom. The number of hydrogen-bond acceptors (Lipinski definition) is 0. The molecule has 0 aliphatic rings. The van der Waals surface area contributed by atoms with E-state index in [4.69, 9.17) is 0 Å². The fourth-order valence-corrected chi connectivity index (χ4v) is 0.656. The van der Waals surface area contributed by atoms with Crippen LogP contribution in [0.2, 0.25) is 0 Å². The largest absolute Gasteiger partial charge is 0.103 e. The summed E-state index contributed by atoms with van der Waals surface area (Å²) in [6, 6.07) is 12.0. The van der Waals surface area contributed by atoms with E-state index in [0.717, 1.165) is 6.42 Å². The number of rotatable bonds is 3. The molecule has 0 atom stereocenters. The lowest BCUT2D eigenvalue weighted by molar-refractivity contribution is 1.41. The zero-order valence-corrected chi connectivity index (χ0v) is 9.89. The molecular weight excluding hydrogens is 180 g/mol. The third-order valence-electron chi connectivity index (χ3n) is 1.24. The molecule has 0 bridgehead atoms. The molecule has 1 rings (SSSR count). The van der Waals surface area contributed by atoms with Crippen LogP contribution in [0, 0.1) is 0 Å². The molecule has 0 saturated heterocycles. The minimum Gasteiger partial charge on any atom is -0.103 e. The summed E-state index contributed by atoms with van der Waals surface area (Å²) >= 11 is 0. The monoisotopic (exact) mass is 202 g/mol. The quantitative estimate of drug-likeness (QED) is 0.477. The van der Waals surface area contributed by atoms with Crippen LogP contribution in [-0.4, -0.2) is 0 Å². The third-order valence-corrected chi connectivity index (χ3v) is 1.24. The maximum atomic E-state index is 3.55. The first-order chi connectivity index (χ1) is 7.41. The topological polar surface area (TPSA) is 0 Å². The highest BCUT2D eigenvalue weighted by molar-refractivity contribution is 4.99. The molecule has 0 aliphatic carbocycles. The van der Waals surface area contributed by atoms with Crippen LogP contribution < -0.4 is 0 Å². The van der Waals surface area contributed by atoms with Crippen LogP contribution in [0.15, 0.2) is 73.9 Å². The van der Waals surface area contributed by atoms with Crippen molar-refractivity contribution in [1.82, 2.24) is 0 Å². The van der Waals surface area contributed by atoms with E-state index in [2.05, 4.69) is 13.2 Å². The lowest BCUT2D eigenvalue weighted by atomic mass is 10.4. The van der Waals surface area contributed by atoms with Gasteiger partial charge in [0.25, 0.3) is 0 Å². The van der Waals surface area contributed by atoms with E-state index in [-0.39, 0.29) is 0 Å². The minimum absolute atomic E-state index is 0.937. The Morgan fingerprint density at radius 3 is 1.53 bits per heavy atom. The van der Waals surface area contributed by atoms with E-state index < -0.39 is 0 Å². The van der Waals surface area contributed by atoms with Gasteiger partial charge in [0.2, 0.25) is 0 Å². The summed E-state index contributed by atoms with van der Waals surface area (Å²) in [5.41, 5.74) is 0. The summed E-state index contributed by atoms with van der Waals surface area (Å²) in [7, 11) is 0. The van der Waals surface area contributed by atoms with Crippen molar-refractivity contribution in [2.24, 2.45) is 0 Å². The van der Waals surface area contributed by atoms with Gasteiger partial charge in [-0.2, -0.15) is 0 Å². The molecule has 0 N–H and O–H groups in total. The SMILES string of the molecule is C=C/C=C\CC=C.CC.c1ccccc1. The van der Waals surface area contributed by atoms with Gasteiger partial charge in [-0.25, -0.2) is 0 Å². The van der Waals surface area contributed by atoms with Crippen molar-refractivity contribution >= 4 is 0 Å². The predicted molar refractivity (Wildman–Crippen MR) is 71.9 cm³/mol. The number of benzene rings is 1. The molecule has 82 valence electrons. The molecule has 0 saturated carbocycles. The molecular formula is C15H22. The Morgan fingerprint density at radius 1 is 0.867 bits per heavy atom. The Labute approximate surface area is 94.7 Å². The first kappa shape index (κ1) is 15.9. The predicted octanol–water partition coefficient (Wildman–Crippen LogP) is 5.02. The average molecular weight is 202 g/mol. The zero-order chi connectivity index (χ0) is 11.8. The van der Waals surface area contributed by atoms with E-state index in [0.29, 0.717) is 0 Å². The van der Waals surface area contributed by atoms with Crippen molar-refractivity contribution in [3.63, 3.8) is 0 Å². The highest BCUT2D eigenvalue weighted by atomic mass is 13.7. The van der Waals surface area contributed by atoms with Gasteiger partial charge in [0.1, 0.15) is 0 Å². The summed E-state index contributed by atoms with van der Waals surface area (Å²) in [6.07, 6.45) is 8.44. The molecule has 0 fully saturated rings. The van der Waals surface area contributed by atoms with Gasteiger partial charge in [0, 0.05) is 0 Å². The number of allylic oxidation sites excluding steroid dienone is 4. The van der Waals surface area contributed by atoms with Crippen LogP contribution in [0.5, 0.6) is 0 Å². The lowest BCUT2D eigenvalue weighted by Crippen LogP contribution is -1.50. The first-order valence-electron chi connectivity index (χ1n) is 5.30. The Balaban J connectivity index is 0. The van der Waals surface area contributed by atoms with Gasteiger partial charge in [-0.15, -0.1) is 6.58 Å². The number of hydrogen-bond donors (Lipinski definition) is 0. The van der Waals surface area contributed by atoms with Crippen molar-refractivity contribution in [2.45, 2.75) is 20.3 Å². The molecule has 1 aromatic rings. The standard InChI is InChI=1S/C7H10.C6H6.C2H6/c1-3-5-7-6-4-2;1-2-4-6-5-3-1;1-2/h3-5,7H,1-2,6H2;1-6H;1-2H3/b7-5-;;. The van der Waals surface area contributed by atoms with E-state index >= 15 is 0 Å².